The number of carbonyl (C=O) groups is 1. The van der Waals surface area contributed by atoms with Crippen LogP contribution in [0.1, 0.15) is 28.5 Å². The fourth-order valence-electron chi connectivity index (χ4n) is 2.09. The highest BCUT2D eigenvalue weighted by Crippen LogP contribution is 2.09. The molecule has 3 N–H and O–H groups in total. The molecule has 0 fully saturated rings. The van der Waals surface area contributed by atoms with E-state index >= 15 is 0 Å². The molecular formula is C16H20N4O. The van der Waals surface area contributed by atoms with Crippen molar-refractivity contribution in [1.29, 1.82) is 0 Å². The molecule has 0 saturated heterocycles. The van der Waals surface area contributed by atoms with Gasteiger partial charge in [-0.3, -0.25) is 20.1 Å². The lowest BCUT2D eigenvalue weighted by Crippen LogP contribution is -2.30. The minimum Gasteiger partial charge on any atom is -0.294 e. The van der Waals surface area contributed by atoms with Gasteiger partial charge in [-0.1, -0.05) is 37.3 Å². The summed E-state index contributed by atoms with van der Waals surface area (Å²) in [5, 5.41) is 0. The fourth-order valence-corrected chi connectivity index (χ4v) is 2.09. The predicted molar refractivity (Wildman–Crippen MR) is 82.1 cm³/mol. The largest absolute Gasteiger partial charge is 0.294 e. The van der Waals surface area contributed by atoms with Gasteiger partial charge in [0, 0.05) is 19.3 Å². The molecule has 0 bridgehead atoms. The Morgan fingerprint density at radius 2 is 1.95 bits per heavy atom. The summed E-state index contributed by atoms with van der Waals surface area (Å²) in [5.74, 6) is 4.77. The lowest BCUT2D eigenvalue weighted by molar-refractivity contribution is 0.0953. The number of nitrogens with two attached hydrogens (primary N) is 1. The van der Waals surface area contributed by atoms with Crippen molar-refractivity contribution in [3.05, 3.63) is 65.5 Å². The lowest BCUT2D eigenvalue weighted by Gasteiger charge is -2.20. The zero-order valence-electron chi connectivity index (χ0n) is 12.1. The van der Waals surface area contributed by atoms with Crippen LogP contribution in [0.2, 0.25) is 0 Å². The monoisotopic (exact) mass is 284 g/mol. The molecule has 1 heterocycles. The third-order valence-electron chi connectivity index (χ3n) is 3.30. The number of carbonyl (C=O) groups excluding carboxylic acids is 1. The van der Waals surface area contributed by atoms with Gasteiger partial charge >= 0.3 is 0 Å². The summed E-state index contributed by atoms with van der Waals surface area (Å²) in [6.07, 6.45) is 1.55. The van der Waals surface area contributed by atoms with Gasteiger partial charge < -0.3 is 0 Å². The van der Waals surface area contributed by atoms with Crippen LogP contribution in [0.3, 0.4) is 0 Å². The van der Waals surface area contributed by atoms with E-state index in [4.69, 9.17) is 5.84 Å². The Balaban J connectivity index is 2.00. The minimum absolute atomic E-state index is 0.328. The second kappa shape index (κ2) is 7.52. The van der Waals surface area contributed by atoms with E-state index in [1.54, 1.807) is 12.3 Å². The van der Waals surface area contributed by atoms with E-state index in [0.29, 0.717) is 5.56 Å². The second-order valence-electron chi connectivity index (χ2n) is 4.80. The van der Waals surface area contributed by atoms with Gasteiger partial charge in [0.05, 0.1) is 11.3 Å². The molecule has 110 valence electrons. The average Bonchev–Trinajstić information content (AvgIpc) is 2.55. The van der Waals surface area contributed by atoms with Gasteiger partial charge in [-0.15, -0.1) is 0 Å². The predicted octanol–water partition coefficient (Wildman–Crippen LogP) is 1.71. The van der Waals surface area contributed by atoms with Crippen molar-refractivity contribution in [2.75, 3.05) is 6.54 Å². The van der Waals surface area contributed by atoms with Crippen LogP contribution in [0, 0.1) is 0 Å². The standard InChI is InChI=1S/C16H20N4O/c1-2-20(11-13-6-4-3-5-7-13)12-15-9-8-14(10-18-15)16(21)19-17/h3-10H,2,11-12,17H2,1H3,(H,19,21). The van der Waals surface area contributed by atoms with Crippen LogP contribution in [0.25, 0.3) is 0 Å². The molecule has 5 heteroatoms. The summed E-state index contributed by atoms with van der Waals surface area (Å²) >= 11 is 0. The van der Waals surface area contributed by atoms with Crippen LogP contribution >= 0.6 is 0 Å². The van der Waals surface area contributed by atoms with Crippen molar-refractivity contribution < 1.29 is 4.79 Å². The maximum Gasteiger partial charge on any atom is 0.266 e. The van der Waals surface area contributed by atoms with E-state index in [9.17, 15) is 4.79 Å². The van der Waals surface area contributed by atoms with Gasteiger partial charge in [-0.05, 0) is 24.2 Å². The molecule has 0 radical (unpaired) electrons. The molecule has 0 saturated carbocycles. The molecule has 1 aromatic carbocycles. The molecule has 0 aliphatic carbocycles. The van der Waals surface area contributed by atoms with Crippen LogP contribution in [0.4, 0.5) is 0 Å². The number of nitrogens with zero attached hydrogens (tertiary/aromatic N) is 2. The molecule has 2 rings (SSSR count). The van der Waals surface area contributed by atoms with E-state index in [2.05, 4.69) is 34.4 Å². The van der Waals surface area contributed by atoms with Crippen molar-refractivity contribution in [2.45, 2.75) is 20.0 Å². The van der Waals surface area contributed by atoms with Crippen LogP contribution in [-0.2, 0) is 13.1 Å². The Morgan fingerprint density at radius 3 is 2.52 bits per heavy atom. The molecule has 2 aromatic rings. The number of hydrazine groups is 1. The molecule has 0 aliphatic heterocycles. The number of rotatable bonds is 6. The van der Waals surface area contributed by atoms with Crippen molar-refractivity contribution in [2.24, 2.45) is 5.84 Å². The van der Waals surface area contributed by atoms with Gasteiger partial charge in [-0.2, -0.15) is 0 Å². The summed E-state index contributed by atoms with van der Waals surface area (Å²) in [6, 6.07) is 13.9. The molecule has 0 aliphatic rings. The fraction of sp³-hybridized carbons (Fsp3) is 0.250. The third-order valence-corrected chi connectivity index (χ3v) is 3.30. The molecule has 5 nitrogen and oxygen atoms in total. The van der Waals surface area contributed by atoms with Crippen LogP contribution in [0.15, 0.2) is 48.7 Å². The van der Waals surface area contributed by atoms with Gasteiger partial charge in [-0.25, -0.2) is 5.84 Å². The number of amides is 1. The Kier molecular flexibility index (Phi) is 5.43. The van der Waals surface area contributed by atoms with Gasteiger partial charge in [0.25, 0.3) is 5.91 Å². The first-order chi connectivity index (χ1) is 10.2. The maximum absolute atomic E-state index is 11.4. The Bertz CT molecular complexity index is 569. The number of hydrogen-bond acceptors (Lipinski definition) is 4. The summed E-state index contributed by atoms with van der Waals surface area (Å²) in [6.45, 7) is 4.68. The van der Waals surface area contributed by atoms with E-state index in [1.807, 2.05) is 24.3 Å². The minimum atomic E-state index is -0.328. The first kappa shape index (κ1) is 15.2. The summed E-state index contributed by atoms with van der Waals surface area (Å²) in [4.78, 5) is 18.0. The van der Waals surface area contributed by atoms with Crippen molar-refractivity contribution >= 4 is 5.91 Å². The van der Waals surface area contributed by atoms with E-state index < -0.39 is 0 Å². The maximum atomic E-state index is 11.4. The molecule has 0 spiro atoms. The normalized spacial score (nSPS) is 10.6. The topological polar surface area (TPSA) is 71.2 Å². The van der Waals surface area contributed by atoms with Crippen LogP contribution < -0.4 is 11.3 Å². The van der Waals surface area contributed by atoms with Crippen molar-refractivity contribution in [3.8, 4) is 0 Å². The molecular weight excluding hydrogens is 264 g/mol. The Hall–Kier alpha value is -2.24. The summed E-state index contributed by atoms with van der Waals surface area (Å²) in [5.41, 5.74) is 4.77. The zero-order valence-corrected chi connectivity index (χ0v) is 12.1. The molecule has 0 atom stereocenters. The smallest absolute Gasteiger partial charge is 0.266 e. The molecule has 1 aromatic heterocycles. The molecule has 1 amide bonds. The summed E-state index contributed by atoms with van der Waals surface area (Å²) < 4.78 is 0. The van der Waals surface area contributed by atoms with Crippen molar-refractivity contribution in [1.82, 2.24) is 15.3 Å². The second-order valence-corrected chi connectivity index (χ2v) is 4.80. The van der Waals surface area contributed by atoms with E-state index in [1.165, 1.54) is 5.56 Å². The number of hydrogen-bond donors (Lipinski definition) is 2. The SMILES string of the molecule is CCN(Cc1ccccc1)Cc1ccc(C(=O)NN)cn1. The molecule has 21 heavy (non-hydrogen) atoms. The first-order valence-electron chi connectivity index (χ1n) is 6.95. The highest BCUT2D eigenvalue weighted by Gasteiger charge is 2.08. The van der Waals surface area contributed by atoms with Gasteiger partial charge in [0.1, 0.15) is 0 Å². The first-order valence-corrected chi connectivity index (χ1v) is 6.95. The quantitative estimate of drug-likeness (QED) is 0.481. The highest BCUT2D eigenvalue weighted by molar-refractivity contribution is 5.93. The van der Waals surface area contributed by atoms with E-state index in [-0.39, 0.29) is 5.91 Å². The number of nitrogen functional groups attached to an aromatic ring is 1. The molecule has 0 unspecified atom stereocenters. The summed E-state index contributed by atoms with van der Waals surface area (Å²) in [7, 11) is 0. The zero-order chi connectivity index (χ0) is 15.1. The highest BCUT2D eigenvalue weighted by atomic mass is 16.2. The number of nitrogens with one attached hydrogen (secondary N) is 1. The Labute approximate surface area is 124 Å². The van der Waals surface area contributed by atoms with Crippen LogP contribution in [0.5, 0.6) is 0 Å². The van der Waals surface area contributed by atoms with Crippen molar-refractivity contribution in [3.63, 3.8) is 0 Å². The van der Waals surface area contributed by atoms with Crippen LogP contribution in [-0.4, -0.2) is 22.3 Å². The van der Waals surface area contributed by atoms with E-state index in [0.717, 1.165) is 25.3 Å². The number of benzene rings is 1. The Morgan fingerprint density at radius 1 is 1.19 bits per heavy atom. The van der Waals surface area contributed by atoms with Gasteiger partial charge in [0.15, 0.2) is 0 Å². The lowest BCUT2D eigenvalue weighted by atomic mass is 10.2. The average molecular weight is 284 g/mol. The number of pyridine rings is 1. The van der Waals surface area contributed by atoms with Gasteiger partial charge in [0.2, 0.25) is 0 Å². The number of aromatic nitrogens is 1. The third kappa shape index (κ3) is 4.37.